The van der Waals surface area contributed by atoms with Gasteiger partial charge in [0.15, 0.2) is 5.58 Å². The molecule has 0 unspecified atom stereocenters. The average Bonchev–Trinajstić information content (AvgIpc) is 2.47. The Bertz CT molecular complexity index is 884. The monoisotopic (exact) mass is 320 g/mol. The second kappa shape index (κ2) is 5.43. The normalized spacial score (nSPS) is 10.8. The van der Waals surface area contributed by atoms with Gasteiger partial charge in [0.2, 0.25) is 0 Å². The number of rotatable bonds is 2. The van der Waals surface area contributed by atoms with Crippen LogP contribution in [0.2, 0.25) is 10.0 Å². The zero-order valence-corrected chi connectivity index (χ0v) is 12.5. The van der Waals surface area contributed by atoms with E-state index in [4.69, 9.17) is 32.4 Å². The molecule has 0 amide bonds. The lowest BCUT2D eigenvalue weighted by Crippen LogP contribution is -2.03. The van der Waals surface area contributed by atoms with Gasteiger partial charge in [0, 0.05) is 10.4 Å². The summed E-state index contributed by atoms with van der Waals surface area (Å²) in [4.78, 5) is 12.2. The molecule has 21 heavy (non-hydrogen) atoms. The van der Waals surface area contributed by atoms with Gasteiger partial charge in [-0.05, 0) is 35.9 Å². The topological polar surface area (TPSA) is 39.4 Å². The predicted octanol–water partition coefficient (Wildman–Crippen LogP) is 4.78. The van der Waals surface area contributed by atoms with E-state index >= 15 is 0 Å². The van der Waals surface area contributed by atoms with E-state index in [0.717, 1.165) is 0 Å². The van der Waals surface area contributed by atoms with Crippen molar-refractivity contribution < 1.29 is 9.15 Å². The molecule has 0 aliphatic heterocycles. The first-order chi connectivity index (χ1) is 10.1. The van der Waals surface area contributed by atoms with Crippen LogP contribution in [0.4, 0.5) is 0 Å². The number of hydrogen-bond acceptors (Lipinski definition) is 3. The first kappa shape index (κ1) is 14.0. The molecule has 2 aromatic carbocycles. The summed E-state index contributed by atoms with van der Waals surface area (Å²) in [6.07, 6.45) is 0. The summed E-state index contributed by atoms with van der Waals surface area (Å²) < 4.78 is 10.5. The fraction of sp³-hybridized carbons (Fsp3) is 0.0625. The number of ether oxygens (including phenoxy) is 1. The zero-order valence-electron chi connectivity index (χ0n) is 11.0. The molecule has 0 saturated heterocycles. The van der Waals surface area contributed by atoms with Gasteiger partial charge >= 0.3 is 5.63 Å². The van der Waals surface area contributed by atoms with Crippen LogP contribution in [0.5, 0.6) is 5.75 Å². The minimum Gasteiger partial charge on any atom is -0.497 e. The highest BCUT2D eigenvalue weighted by Gasteiger charge is 2.11. The van der Waals surface area contributed by atoms with Gasteiger partial charge in [0.05, 0.1) is 17.7 Å². The molecule has 106 valence electrons. The lowest BCUT2D eigenvalue weighted by atomic mass is 10.1. The fourth-order valence-electron chi connectivity index (χ4n) is 2.15. The standard InChI is InChI=1S/C16H10Cl2O3/c1-20-12-4-2-3-9(6-12)13-7-10-5-11(17)8-14(18)15(10)21-16(13)19/h2-8H,1H3. The third-order valence-electron chi connectivity index (χ3n) is 3.13. The van der Waals surface area contributed by atoms with Crippen molar-refractivity contribution in [1.82, 2.24) is 0 Å². The summed E-state index contributed by atoms with van der Waals surface area (Å²) in [5.41, 5.74) is 1.01. The summed E-state index contributed by atoms with van der Waals surface area (Å²) in [6, 6.07) is 12.2. The molecular formula is C16H10Cl2O3. The molecule has 3 rings (SSSR count). The molecule has 0 aliphatic carbocycles. The molecule has 1 aromatic heterocycles. The minimum absolute atomic E-state index is 0.312. The van der Waals surface area contributed by atoms with Crippen LogP contribution in [-0.4, -0.2) is 7.11 Å². The highest BCUT2D eigenvalue weighted by molar-refractivity contribution is 6.38. The van der Waals surface area contributed by atoms with Gasteiger partial charge in [-0.3, -0.25) is 0 Å². The number of hydrogen-bond donors (Lipinski definition) is 0. The van der Waals surface area contributed by atoms with Gasteiger partial charge in [-0.25, -0.2) is 4.79 Å². The highest BCUT2D eigenvalue weighted by Crippen LogP contribution is 2.30. The fourth-order valence-corrected chi connectivity index (χ4v) is 2.70. The summed E-state index contributed by atoms with van der Waals surface area (Å²) in [7, 11) is 1.57. The van der Waals surface area contributed by atoms with Crippen LogP contribution in [0.25, 0.3) is 22.1 Å². The SMILES string of the molecule is COc1cccc(-c2cc3cc(Cl)cc(Cl)c3oc2=O)c1. The molecule has 0 radical (unpaired) electrons. The van der Waals surface area contributed by atoms with Crippen molar-refractivity contribution in [3.63, 3.8) is 0 Å². The van der Waals surface area contributed by atoms with Crippen LogP contribution in [0, 0.1) is 0 Å². The van der Waals surface area contributed by atoms with Crippen molar-refractivity contribution in [2.24, 2.45) is 0 Å². The van der Waals surface area contributed by atoms with Crippen molar-refractivity contribution in [1.29, 1.82) is 0 Å². The van der Waals surface area contributed by atoms with E-state index in [-0.39, 0.29) is 0 Å². The van der Waals surface area contributed by atoms with Crippen LogP contribution >= 0.6 is 23.2 Å². The maximum Gasteiger partial charge on any atom is 0.344 e. The Morgan fingerprint density at radius 3 is 2.67 bits per heavy atom. The average molecular weight is 321 g/mol. The van der Waals surface area contributed by atoms with E-state index in [1.165, 1.54) is 0 Å². The molecule has 0 N–H and O–H groups in total. The third kappa shape index (κ3) is 2.62. The van der Waals surface area contributed by atoms with E-state index in [1.807, 2.05) is 12.1 Å². The smallest absolute Gasteiger partial charge is 0.344 e. The number of fused-ring (bicyclic) bond motifs is 1. The number of benzene rings is 2. The van der Waals surface area contributed by atoms with Crippen molar-refractivity contribution in [2.45, 2.75) is 0 Å². The Kier molecular flexibility index (Phi) is 3.62. The van der Waals surface area contributed by atoms with Crippen LogP contribution in [-0.2, 0) is 0 Å². The molecule has 1 heterocycles. The van der Waals surface area contributed by atoms with Gasteiger partial charge < -0.3 is 9.15 Å². The van der Waals surface area contributed by atoms with E-state index in [1.54, 1.807) is 37.4 Å². The Balaban J connectivity index is 2.28. The second-order valence-electron chi connectivity index (χ2n) is 4.49. The van der Waals surface area contributed by atoms with E-state index < -0.39 is 5.63 Å². The first-order valence-corrected chi connectivity index (χ1v) is 6.91. The van der Waals surface area contributed by atoms with Crippen LogP contribution in [0.1, 0.15) is 0 Å². The Morgan fingerprint density at radius 2 is 1.90 bits per heavy atom. The molecule has 5 heteroatoms. The third-order valence-corrected chi connectivity index (χ3v) is 3.63. The Labute approximate surface area is 130 Å². The van der Waals surface area contributed by atoms with Gasteiger partial charge in [0.1, 0.15) is 5.75 Å². The summed E-state index contributed by atoms with van der Waals surface area (Å²) in [5.74, 6) is 0.663. The largest absolute Gasteiger partial charge is 0.497 e. The number of methoxy groups -OCH3 is 1. The Morgan fingerprint density at radius 1 is 1.10 bits per heavy atom. The van der Waals surface area contributed by atoms with E-state index in [2.05, 4.69) is 0 Å². The van der Waals surface area contributed by atoms with Gasteiger partial charge in [0.25, 0.3) is 0 Å². The molecule has 3 nitrogen and oxygen atoms in total. The van der Waals surface area contributed by atoms with Crippen LogP contribution < -0.4 is 10.4 Å². The quantitative estimate of drug-likeness (QED) is 0.638. The van der Waals surface area contributed by atoms with E-state index in [9.17, 15) is 4.79 Å². The van der Waals surface area contributed by atoms with Crippen LogP contribution in [0.3, 0.4) is 0 Å². The van der Waals surface area contributed by atoms with Gasteiger partial charge in [-0.2, -0.15) is 0 Å². The van der Waals surface area contributed by atoms with Crippen molar-refractivity contribution in [3.8, 4) is 16.9 Å². The zero-order chi connectivity index (χ0) is 15.0. The van der Waals surface area contributed by atoms with Gasteiger partial charge in [-0.15, -0.1) is 0 Å². The maximum absolute atomic E-state index is 12.2. The predicted molar refractivity (Wildman–Crippen MR) is 84.5 cm³/mol. The first-order valence-electron chi connectivity index (χ1n) is 6.16. The highest BCUT2D eigenvalue weighted by atomic mass is 35.5. The summed E-state index contributed by atoms with van der Waals surface area (Å²) >= 11 is 12.0. The van der Waals surface area contributed by atoms with Crippen LogP contribution in [0.15, 0.2) is 51.7 Å². The summed E-state index contributed by atoms with van der Waals surface area (Å²) in [6.45, 7) is 0. The molecule has 0 saturated carbocycles. The second-order valence-corrected chi connectivity index (χ2v) is 5.33. The molecule has 0 aliphatic rings. The molecule has 0 fully saturated rings. The Hall–Kier alpha value is -1.97. The van der Waals surface area contributed by atoms with E-state index in [0.29, 0.717) is 37.9 Å². The minimum atomic E-state index is -0.458. The van der Waals surface area contributed by atoms with Crippen molar-refractivity contribution >= 4 is 34.2 Å². The van der Waals surface area contributed by atoms with Crippen molar-refractivity contribution in [3.05, 3.63) is 62.9 Å². The molecule has 0 spiro atoms. The molecule has 0 atom stereocenters. The number of halogens is 2. The molecular weight excluding hydrogens is 311 g/mol. The molecule has 3 aromatic rings. The molecule has 0 bridgehead atoms. The van der Waals surface area contributed by atoms with Gasteiger partial charge in [-0.1, -0.05) is 35.3 Å². The maximum atomic E-state index is 12.2. The van der Waals surface area contributed by atoms with Crippen molar-refractivity contribution in [2.75, 3.05) is 7.11 Å². The summed E-state index contributed by atoms with van der Waals surface area (Å²) in [5, 5.41) is 1.47. The lowest BCUT2D eigenvalue weighted by Gasteiger charge is -2.06. The lowest BCUT2D eigenvalue weighted by molar-refractivity contribution is 0.415.